The van der Waals surface area contributed by atoms with Gasteiger partial charge < -0.3 is 5.32 Å². The van der Waals surface area contributed by atoms with Crippen LogP contribution in [-0.4, -0.2) is 46.2 Å². The molecule has 1 N–H and O–H groups in total. The van der Waals surface area contributed by atoms with E-state index >= 15 is 0 Å². The van der Waals surface area contributed by atoms with Crippen molar-refractivity contribution in [2.24, 2.45) is 0 Å². The lowest BCUT2D eigenvalue weighted by atomic mass is 10.2. The Morgan fingerprint density at radius 3 is 3.19 bits per heavy atom. The molecule has 2 rings (SSSR count). The van der Waals surface area contributed by atoms with Gasteiger partial charge in [0.1, 0.15) is 6.33 Å². The van der Waals surface area contributed by atoms with Gasteiger partial charge >= 0.3 is 6.03 Å². The monoisotopic (exact) mass is 222 g/mol. The molecule has 16 heavy (non-hydrogen) atoms. The molecule has 1 aromatic heterocycles. The molecule has 1 amide bonds. The highest BCUT2D eigenvalue weighted by Crippen LogP contribution is 2.15. The van der Waals surface area contributed by atoms with Crippen LogP contribution in [0.5, 0.6) is 0 Å². The molecule has 0 unspecified atom stereocenters. The molecule has 2 heterocycles. The second kappa shape index (κ2) is 5.12. The number of carbonyl (C=O) groups excluding carboxylic acids is 1. The smallest absolute Gasteiger partial charge is 0.326 e. The molecular formula is C11H18N4O. The number of hydrogen-bond acceptors (Lipinski definition) is 3. The van der Waals surface area contributed by atoms with Crippen LogP contribution < -0.4 is 5.32 Å². The molecule has 0 spiro atoms. The molecule has 5 heteroatoms. The largest absolute Gasteiger partial charge is 0.336 e. The zero-order chi connectivity index (χ0) is 11.4. The topological polar surface area (TPSA) is 50.2 Å². The van der Waals surface area contributed by atoms with Crippen molar-refractivity contribution in [2.75, 3.05) is 19.6 Å². The highest BCUT2D eigenvalue weighted by atomic mass is 16.2. The summed E-state index contributed by atoms with van der Waals surface area (Å²) in [6.45, 7) is 5.11. The molecule has 5 nitrogen and oxygen atoms in total. The quantitative estimate of drug-likeness (QED) is 0.827. The summed E-state index contributed by atoms with van der Waals surface area (Å²) in [6, 6.07) is 0.401. The number of aromatic nitrogens is 2. The summed E-state index contributed by atoms with van der Waals surface area (Å²) in [5, 5.41) is 2.93. The average molecular weight is 222 g/mol. The summed E-state index contributed by atoms with van der Waals surface area (Å²) in [4.78, 5) is 17.9. The molecule has 1 aromatic rings. The van der Waals surface area contributed by atoms with Gasteiger partial charge in [0.2, 0.25) is 0 Å². The fraction of sp³-hybridized carbons (Fsp3) is 0.636. The number of imidazole rings is 1. The maximum absolute atomic E-state index is 11.7. The van der Waals surface area contributed by atoms with Crippen molar-refractivity contribution in [3.05, 3.63) is 18.7 Å². The zero-order valence-electron chi connectivity index (χ0n) is 9.59. The fourth-order valence-electron chi connectivity index (χ4n) is 2.22. The molecule has 0 aromatic carbocycles. The van der Waals surface area contributed by atoms with Crippen LogP contribution in [0.2, 0.25) is 0 Å². The number of rotatable bonds is 3. The van der Waals surface area contributed by atoms with Crippen molar-refractivity contribution in [2.45, 2.75) is 25.8 Å². The maximum Gasteiger partial charge on any atom is 0.326 e. The van der Waals surface area contributed by atoms with Crippen LogP contribution in [0, 0.1) is 0 Å². The van der Waals surface area contributed by atoms with Crippen LogP contribution in [-0.2, 0) is 0 Å². The third kappa shape index (κ3) is 2.41. The Morgan fingerprint density at radius 1 is 1.62 bits per heavy atom. The van der Waals surface area contributed by atoms with Gasteiger partial charge in [-0.3, -0.25) is 9.47 Å². The normalized spacial score (nSPS) is 21.2. The SMILES string of the molecule is CCN1CCC[C@@H]1CNC(=O)n1ccnc1. The van der Waals surface area contributed by atoms with E-state index in [2.05, 4.69) is 22.1 Å². The van der Waals surface area contributed by atoms with Crippen LogP contribution >= 0.6 is 0 Å². The van der Waals surface area contributed by atoms with Gasteiger partial charge in [-0.15, -0.1) is 0 Å². The van der Waals surface area contributed by atoms with Gasteiger partial charge in [-0.25, -0.2) is 9.78 Å². The Balaban J connectivity index is 1.81. The number of nitrogens with one attached hydrogen (secondary N) is 1. The first-order chi connectivity index (χ1) is 7.81. The first-order valence-electron chi connectivity index (χ1n) is 5.81. The summed E-state index contributed by atoms with van der Waals surface area (Å²) in [6.07, 6.45) is 7.19. The molecule has 0 aliphatic carbocycles. The van der Waals surface area contributed by atoms with Crippen molar-refractivity contribution in [3.63, 3.8) is 0 Å². The Bertz CT molecular complexity index is 336. The van der Waals surface area contributed by atoms with E-state index in [1.807, 2.05) is 0 Å². The Hall–Kier alpha value is -1.36. The van der Waals surface area contributed by atoms with Gasteiger partial charge in [0.25, 0.3) is 0 Å². The second-order valence-electron chi connectivity index (χ2n) is 4.08. The first kappa shape index (κ1) is 11.1. The van der Waals surface area contributed by atoms with Crippen molar-refractivity contribution in [1.29, 1.82) is 0 Å². The third-order valence-corrected chi connectivity index (χ3v) is 3.13. The van der Waals surface area contributed by atoms with Crippen LogP contribution in [0.25, 0.3) is 0 Å². The standard InChI is InChI=1S/C11H18N4O/c1-2-14-6-3-4-10(14)8-13-11(16)15-7-5-12-9-15/h5,7,9-10H,2-4,6,8H2,1H3,(H,13,16)/t10-/m1/s1. The Kier molecular flexibility index (Phi) is 3.56. The van der Waals surface area contributed by atoms with Gasteiger partial charge in [0, 0.05) is 25.0 Å². The number of carbonyl (C=O) groups is 1. The van der Waals surface area contributed by atoms with E-state index in [4.69, 9.17) is 0 Å². The summed E-state index contributed by atoms with van der Waals surface area (Å²) >= 11 is 0. The van der Waals surface area contributed by atoms with E-state index in [9.17, 15) is 4.79 Å². The summed E-state index contributed by atoms with van der Waals surface area (Å²) < 4.78 is 1.46. The molecule has 1 saturated heterocycles. The average Bonchev–Trinajstić information content (AvgIpc) is 2.96. The second-order valence-corrected chi connectivity index (χ2v) is 4.08. The molecule has 1 fully saturated rings. The third-order valence-electron chi connectivity index (χ3n) is 3.13. The van der Waals surface area contributed by atoms with E-state index in [0.29, 0.717) is 6.04 Å². The number of nitrogens with zero attached hydrogens (tertiary/aromatic N) is 3. The van der Waals surface area contributed by atoms with Gasteiger partial charge in [0.15, 0.2) is 0 Å². The maximum atomic E-state index is 11.7. The van der Waals surface area contributed by atoms with Crippen molar-refractivity contribution < 1.29 is 4.79 Å². The Labute approximate surface area is 95.5 Å². The highest BCUT2D eigenvalue weighted by molar-refractivity contribution is 5.76. The molecule has 88 valence electrons. The lowest BCUT2D eigenvalue weighted by molar-refractivity contribution is 0.230. The van der Waals surface area contributed by atoms with Crippen molar-refractivity contribution in [3.8, 4) is 0 Å². The number of likely N-dealkylation sites (tertiary alicyclic amines) is 1. The van der Waals surface area contributed by atoms with Crippen molar-refractivity contribution in [1.82, 2.24) is 19.8 Å². The van der Waals surface area contributed by atoms with Gasteiger partial charge in [-0.05, 0) is 25.9 Å². The van der Waals surface area contributed by atoms with Crippen LogP contribution in [0.1, 0.15) is 19.8 Å². The first-order valence-corrected chi connectivity index (χ1v) is 5.81. The molecule has 1 aliphatic rings. The van der Waals surface area contributed by atoms with Gasteiger partial charge in [-0.2, -0.15) is 0 Å². The number of hydrogen-bond donors (Lipinski definition) is 1. The summed E-state index contributed by atoms with van der Waals surface area (Å²) in [5.74, 6) is 0. The van der Waals surface area contributed by atoms with E-state index in [1.54, 1.807) is 12.4 Å². The lowest BCUT2D eigenvalue weighted by Crippen LogP contribution is -2.41. The zero-order valence-corrected chi connectivity index (χ0v) is 9.59. The minimum absolute atomic E-state index is 0.0968. The minimum atomic E-state index is -0.0968. The van der Waals surface area contributed by atoms with E-state index < -0.39 is 0 Å². The molecular weight excluding hydrogens is 204 g/mol. The van der Waals surface area contributed by atoms with Gasteiger partial charge in [0.05, 0.1) is 0 Å². The summed E-state index contributed by atoms with van der Waals surface area (Å²) in [5.41, 5.74) is 0. The Morgan fingerprint density at radius 2 is 2.50 bits per heavy atom. The number of likely N-dealkylation sites (N-methyl/N-ethyl adjacent to an activating group) is 1. The van der Waals surface area contributed by atoms with E-state index in [1.165, 1.54) is 23.7 Å². The van der Waals surface area contributed by atoms with E-state index in [-0.39, 0.29) is 6.03 Å². The molecule has 1 atom stereocenters. The predicted octanol–water partition coefficient (Wildman–Crippen LogP) is 0.925. The summed E-state index contributed by atoms with van der Waals surface area (Å²) in [7, 11) is 0. The predicted molar refractivity (Wildman–Crippen MR) is 61.3 cm³/mol. The molecule has 0 radical (unpaired) electrons. The molecule has 0 bridgehead atoms. The van der Waals surface area contributed by atoms with Gasteiger partial charge in [-0.1, -0.05) is 6.92 Å². The number of amides is 1. The lowest BCUT2D eigenvalue weighted by Gasteiger charge is -2.22. The minimum Gasteiger partial charge on any atom is -0.336 e. The van der Waals surface area contributed by atoms with Crippen LogP contribution in [0.15, 0.2) is 18.7 Å². The molecule has 0 saturated carbocycles. The van der Waals surface area contributed by atoms with Crippen molar-refractivity contribution >= 4 is 6.03 Å². The fourth-order valence-corrected chi connectivity index (χ4v) is 2.22. The highest BCUT2D eigenvalue weighted by Gasteiger charge is 2.23. The van der Waals surface area contributed by atoms with Crippen LogP contribution in [0.4, 0.5) is 4.79 Å². The molecule has 1 aliphatic heterocycles. The van der Waals surface area contributed by atoms with Crippen LogP contribution in [0.3, 0.4) is 0 Å². The van der Waals surface area contributed by atoms with E-state index in [0.717, 1.165) is 19.6 Å².